The molecule has 0 saturated heterocycles. The zero-order chi connectivity index (χ0) is 21.8. The van der Waals surface area contributed by atoms with Crippen molar-refractivity contribution in [3.05, 3.63) is 80.8 Å². The maximum Gasteiger partial charge on any atom is 0.156 e. The van der Waals surface area contributed by atoms with E-state index in [4.69, 9.17) is 60.7 Å². The van der Waals surface area contributed by atoms with Crippen LogP contribution < -0.4 is 9.47 Å². The molecule has 0 N–H and O–H groups in total. The van der Waals surface area contributed by atoms with Crippen molar-refractivity contribution >= 4 is 52.6 Å². The molecule has 8 heteroatoms. The summed E-state index contributed by atoms with van der Waals surface area (Å²) in [6, 6.07) is 11.3. The van der Waals surface area contributed by atoms with Crippen molar-refractivity contribution in [2.75, 3.05) is 19.8 Å². The number of rotatable bonds is 12. The second-order valence-corrected chi connectivity index (χ2v) is 7.86. The Bertz CT molecular complexity index is 855. The highest BCUT2D eigenvalue weighted by molar-refractivity contribution is 6.55. The first-order chi connectivity index (χ1) is 14.5. The maximum absolute atomic E-state index is 6.27. The molecule has 160 valence electrons. The van der Waals surface area contributed by atoms with Gasteiger partial charge in [0.25, 0.3) is 0 Å². The molecule has 2 rings (SSSR count). The molecular weight excluding hydrogens is 468 g/mol. The van der Waals surface area contributed by atoms with Gasteiger partial charge in [-0.1, -0.05) is 88.5 Å². The molecule has 2 aromatic carbocycles. The van der Waals surface area contributed by atoms with Gasteiger partial charge in [0, 0.05) is 12.1 Å². The summed E-state index contributed by atoms with van der Waals surface area (Å²) in [6.45, 7) is 4.63. The highest BCUT2D eigenvalue weighted by atomic mass is 35.5. The van der Waals surface area contributed by atoms with E-state index in [-0.39, 0.29) is 11.1 Å². The highest BCUT2D eigenvalue weighted by Crippen LogP contribution is 2.37. The van der Waals surface area contributed by atoms with Gasteiger partial charge in [-0.05, 0) is 30.0 Å². The third-order valence-electron chi connectivity index (χ3n) is 3.76. The minimum atomic E-state index is 0.132. The van der Waals surface area contributed by atoms with Crippen LogP contribution in [0.15, 0.2) is 64.8 Å². The number of halogens is 4. The molecule has 0 aliphatic rings. The van der Waals surface area contributed by atoms with Gasteiger partial charge in [0.2, 0.25) is 0 Å². The third-order valence-corrected chi connectivity index (χ3v) is 4.63. The van der Waals surface area contributed by atoms with Crippen LogP contribution in [0.1, 0.15) is 17.5 Å². The monoisotopic (exact) mass is 487 g/mol. The van der Waals surface area contributed by atoms with Crippen LogP contribution in [0.2, 0.25) is 10.0 Å². The number of hydrogen-bond acceptors (Lipinski definition) is 4. The summed E-state index contributed by atoms with van der Waals surface area (Å²) in [5, 5.41) is 4.60. The summed E-state index contributed by atoms with van der Waals surface area (Å²) in [5.41, 5.74) is 2.15. The van der Waals surface area contributed by atoms with Gasteiger partial charge >= 0.3 is 0 Å². The quantitative estimate of drug-likeness (QED) is 0.137. The van der Waals surface area contributed by atoms with Crippen LogP contribution in [0.5, 0.6) is 11.5 Å². The van der Waals surface area contributed by atoms with E-state index < -0.39 is 0 Å². The Hall–Kier alpha value is -1.85. The molecule has 0 saturated carbocycles. The van der Waals surface area contributed by atoms with Crippen LogP contribution in [0.25, 0.3) is 0 Å². The topological polar surface area (TPSA) is 40.0 Å². The summed E-state index contributed by atoms with van der Waals surface area (Å²) >= 11 is 23.6. The smallest absolute Gasteiger partial charge is 0.156 e. The van der Waals surface area contributed by atoms with E-state index in [1.165, 1.54) is 11.6 Å². The predicted molar refractivity (Wildman–Crippen MR) is 126 cm³/mol. The van der Waals surface area contributed by atoms with Crippen LogP contribution in [-0.2, 0) is 11.3 Å². The fraction of sp³-hybridized carbons (Fsp3) is 0.227. The third kappa shape index (κ3) is 8.88. The van der Waals surface area contributed by atoms with Crippen molar-refractivity contribution in [1.82, 2.24) is 0 Å². The number of ether oxygens (including phenoxy) is 2. The average Bonchev–Trinajstić information content (AvgIpc) is 2.71. The molecule has 2 aromatic rings. The van der Waals surface area contributed by atoms with E-state index in [1.54, 1.807) is 24.4 Å². The normalized spacial score (nSPS) is 10.7. The van der Waals surface area contributed by atoms with Crippen molar-refractivity contribution in [3.8, 4) is 11.5 Å². The molecule has 0 aliphatic heterocycles. The van der Waals surface area contributed by atoms with Crippen LogP contribution >= 0.6 is 46.4 Å². The van der Waals surface area contributed by atoms with Crippen molar-refractivity contribution in [1.29, 1.82) is 0 Å². The van der Waals surface area contributed by atoms with Gasteiger partial charge in [-0.15, -0.1) is 0 Å². The van der Waals surface area contributed by atoms with Gasteiger partial charge in [0.1, 0.15) is 23.5 Å². The van der Waals surface area contributed by atoms with Crippen molar-refractivity contribution in [3.63, 3.8) is 0 Å². The van der Waals surface area contributed by atoms with Crippen molar-refractivity contribution in [2.45, 2.75) is 12.8 Å². The van der Waals surface area contributed by atoms with Crippen LogP contribution in [0.4, 0.5) is 0 Å². The molecule has 4 nitrogen and oxygen atoms in total. The Morgan fingerprint density at radius 1 is 1.00 bits per heavy atom. The number of nitrogens with zero attached hydrogens (tertiary/aromatic N) is 1. The number of aryl methyl sites for hydroxylation is 1. The van der Waals surface area contributed by atoms with Gasteiger partial charge in [-0.25, -0.2) is 0 Å². The lowest BCUT2D eigenvalue weighted by atomic mass is 10.1. The van der Waals surface area contributed by atoms with E-state index in [0.717, 1.165) is 18.4 Å². The molecular formula is C22H21Cl4NO3. The average molecular weight is 489 g/mol. The Labute approximate surface area is 196 Å². The van der Waals surface area contributed by atoms with E-state index in [2.05, 4.69) is 11.7 Å². The van der Waals surface area contributed by atoms with E-state index in [0.29, 0.717) is 34.8 Å². The Morgan fingerprint density at radius 2 is 1.70 bits per heavy atom. The minimum absolute atomic E-state index is 0.132. The zero-order valence-corrected chi connectivity index (χ0v) is 19.1. The lowest BCUT2D eigenvalue weighted by Crippen LogP contribution is -2.01. The fourth-order valence-corrected chi connectivity index (χ4v) is 3.08. The summed E-state index contributed by atoms with van der Waals surface area (Å²) in [4.78, 5) is 4.99. The van der Waals surface area contributed by atoms with Gasteiger partial charge in [-0.2, -0.15) is 0 Å². The first kappa shape index (κ1) is 24.4. The van der Waals surface area contributed by atoms with Crippen molar-refractivity contribution in [2.24, 2.45) is 5.16 Å². The molecule has 0 fully saturated rings. The highest BCUT2D eigenvalue weighted by Gasteiger charge is 2.10. The standard InChI is InChI=1S/C22H21Cl4NO3/c1-2-10-30-27-15-17-7-5-16(6-8-17)4-3-11-29-22-19(23)13-18(14-20(22)24)28-12-9-21(25)26/h2,5-9,13-15H,1,3-4,10-12H2. The van der Waals surface area contributed by atoms with Crippen LogP contribution in [0.3, 0.4) is 0 Å². The Balaban J connectivity index is 1.80. The molecule has 0 radical (unpaired) electrons. The number of benzene rings is 2. The molecule has 0 amide bonds. The molecule has 0 atom stereocenters. The van der Waals surface area contributed by atoms with Gasteiger partial charge < -0.3 is 14.3 Å². The molecule has 0 spiro atoms. The second kappa shape index (κ2) is 13.5. The van der Waals surface area contributed by atoms with Gasteiger partial charge in [0.15, 0.2) is 5.75 Å². The van der Waals surface area contributed by atoms with E-state index in [1.807, 2.05) is 24.3 Å². The van der Waals surface area contributed by atoms with Crippen LogP contribution in [-0.4, -0.2) is 26.0 Å². The fourth-order valence-electron chi connectivity index (χ4n) is 2.37. The van der Waals surface area contributed by atoms with Crippen molar-refractivity contribution < 1.29 is 14.3 Å². The molecule has 0 aromatic heterocycles. The Morgan fingerprint density at radius 3 is 2.33 bits per heavy atom. The SMILES string of the molecule is C=CCON=Cc1ccc(CCCOc2c(Cl)cc(OCC=C(Cl)Cl)cc2Cl)cc1. The number of oxime groups is 1. The first-order valence-electron chi connectivity index (χ1n) is 9.10. The molecule has 0 unspecified atom stereocenters. The zero-order valence-electron chi connectivity index (χ0n) is 16.1. The van der Waals surface area contributed by atoms with Crippen LogP contribution in [0, 0.1) is 0 Å². The van der Waals surface area contributed by atoms with Gasteiger partial charge in [0.05, 0.1) is 22.9 Å². The molecule has 0 heterocycles. The summed E-state index contributed by atoms with van der Waals surface area (Å²) in [7, 11) is 0. The largest absolute Gasteiger partial charge is 0.490 e. The maximum atomic E-state index is 6.27. The molecule has 0 aliphatic carbocycles. The van der Waals surface area contributed by atoms with E-state index in [9.17, 15) is 0 Å². The lowest BCUT2D eigenvalue weighted by Gasteiger charge is -2.12. The minimum Gasteiger partial charge on any atom is -0.490 e. The first-order valence-corrected chi connectivity index (χ1v) is 10.6. The van der Waals surface area contributed by atoms with Gasteiger partial charge in [-0.3, -0.25) is 0 Å². The number of hydrogen-bond donors (Lipinski definition) is 0. The molecule has 30 heavy (non-hydrogen) atoms. The summed E-state index contributed by atoms with van der Waals surface area (Å²) < 4.78 is 11.4. The lowest BCUT2D eigenvalue weighted by molar-refractivity contribution is 0.176. The summed E-state index contributed by atoms with van der Waals surface area (Å²) in [6.07, 6.45) is 6.48. The van der Waals surface area contributed by atoms with E-state index >= 15 is 0 Å². The summed E-state index contributed by atoms with van der Waals surface area (Å²) in [5.74, 6) is 0.935. The predicted octanol–water partition coefficient (Wildman–Crippen LogP) is 7.24. The second-order valence-electron chi connectivity index (χ2n) is 6.03. The Kier molecular flexibility index (Phi) is 11.0. The molecule has 0 bridgehead atoms.